The molecule has 0 saturated carbocycles. The fraction of sp³-hybridized carbons (Fsp3) is 0.200. The number of phenolic OH excluding ortho intramolecular Hbond substituents is 1. The number of anilines is 3. The number of amides is 1. The Labute approximate surface area is 161 Å². The lowest BCUT2D eigenvalue weighted by Gasteiger charge is -2.24. The smallest absolute Gasteiger partial charge is 0.226 e. The van der Waals surface area contributed by atoms with Gasteiger partial charge in [0.25, 0.3) is 0 Å². The number of nitrogens with one attached hydrogen (secondary N) is 3. The second kappa shape index (κ2) is 7.15. The molecule has 2 aromatic carbocycles. The summed E-state index contributed by atoms with van der Waals surface area (Å²) in [4.78, 5) is 12.3. The lowest BCUT2D eigenvalue weighted by molar-refractivity contribution is -0.116. The van der Waals surface area contributed by atoms with E-state index >= 15 is 0 Å². The van der Waals surface area contributed by atoms with Crippen LogP contribution in [-0.2, 0) is 4.79 Å². The quantitative estimate of drug-likeness (QED) is 0.541. The van der Waals surface area contributed by atoms with Crippen molar-refractivity contribution in [1.29, 1.82) is 0 Å². The summed E-state index contributed by atoms with van der Waals surface area (Å²) in [6, 6.07) is 13.1. The van der Waals surface area contributed by atoms with Gasteiger partial charge in [-0.15, -0.1) is 0 Å². The van der Waals surface area contributed by atoms with Crippen LogP contribution in [0.2, 0.25) is 0 Å². The van der Waals surface area contributed by atoms with E-state index in [2.05, 4.69) is 20.8 Å². The molecule has 0 aliphatic carbocycles. The number of carbonyl (C=O) groups is 1. The monoisotopic (exact) mass is 380 g/mol. The zero-order chi connectivity index (χ0) is 19.7. The van der Waals surface area contributed by atoms with E-state index in [0.29, 0.717) is 11.6 Å². The van der Waals surface area contributed by atoms with Gasteiger partial charge in [0.15, 0.2) is 17.3 Å². The van der Waals surface area contributed by atoms with Crippen molar-refractivity contribution in [2.75, 3.05) is 24.9 Å². The molecule has 8 heteroatoms. The van der Waals surface area contributed by atoms with Crippen molar-refractivity contribution in [3.8, 4) is 17.2 Å². The van der Waals surface area contributed by atoms with Gasteiger partial charge in [-0.3, -0.25) is 9.89 Å². The molecule has 0 unspecified atom stereocenters. The first-order chi connectivity index (χ1) is 13.6. The molecule has 144 valence electrons. The number of fused-ring (bicyclic) bond motifs is 1. The Morgan fingerprint density at radius 3 is 2.46 bits per heavy atom. The van der Waals surface area contributed by atoms with Crippen molar-refractivity contribution < 1.29 is 19.4 Å². The van der Waals surface area contributed by atoms with Gasteiger partial charge in [-0.05, 0) is 29.8 Å². The predicted octanol–water partition coefficient (Wildman–Crippen LogP) is 3.35. The minimum atomic E-state index is -0.294. The third-order valence-corrected chi connectivity index (χ3v) is 4.75. The molecule has 1 aliphatic heterocycles. The van der Waals surface area contributed by atoms with Gasteiger partial charge >= 0.3 is 0 Å². The summed E-state index contributed by atoms with van der Waals surface area (Å²) in [6.45, 7) is 0. The number of hydrogen-bond donors (Lipinski definition) is 4. The second-order valence-electron chi connectivity index (χ2n) is 6.43. The third kappa shape index (κ3) is 3.09. The summed E-state index contributed by atoms with van der Waals surface area (Å²) >= 11 is 0. The first kappa shape index (κ1) is 17.7. The first-order valence-electron chi connectivity index (χ1n) is 8.75. The molecule has 0 saturated heterocycles. The highest BCUT2D eigenvalue weighted by atomic mass is 16.5. The Balaban J connectivity index is 1.80. The van der Waals surface area contributed by atoms with E-state index in [0.717, 1.165) is 16.8 Å². The molecule has 4 N–H and O–H groups in total. The van der Waals surface area contributed by atoms with Crippen LogP contribution in [-0.4, -0.2) is 35.4 Å². The number of rotatable bonds is 5. The molecule has 0 fully saturated rings. The third-order valence-electron chi connectivity index (χ3n) is 4.75. The van der Waals surface area contributed by atoms with Crippen LogP contribution in [0.3, 0.4) is 0 Å². The number of aromatic nitrogens is 2. The average molecular weight is 380 g/mol. The fourth-order valence-electron chi connectivity index (χ4n) is 3.42. The molecule has 2 heterocycles. The Morgan fingerprint density at radius 2 is 1.82 bits per heavy atom. The molecule has 1 amide bonds. The zero-order valence-electron chi connectivity index (χ0n) is 15.4. The van der Waals surface area contributed by atoms with Crippen molar-refractivity contribution in [2.24, 2.45) is 0 Å². The maximum atomic E-state index is 12.3. The van der Waals surface area contributed by atoms with Crippen molar-refractivity contribution in [3.05, 3.63) is 53.6 Å². The number of phenols is 1. The zero-order valence-corrected chi connectivity index (χ0v) is 15.4. The molecule has 8 nitrogen and oxygen atoms in total. The van der Waals surface area contributed by atoms with Crippen LogP contribution in [0, 0.1) is 0 Å². The summed E-state index contributed by atoms with van der Waals surface area (Å²) in [6.07, 6.45) is 0.229. The largest absolute Gasteiger partial charge is 0.502 e. The number of benzene rings is 2. The van der Waals surface area contributed by atoms with Gasteiger partial charge in [0.2, 0.25) is 11.7 Å². The average Bonchev–Trinajstić information content (AvgIpc) is 3.10. The summed E-state index contributed by atoms with van der Waals surface area (Å²) in [7, 11) is 2.94. The number of para-hydroxylation sites is 1. The number of nitrogens with zero attached hydrogens (tertiary/aromatic N) is 1. The number of carbonyl (C=O) groups excluding carboxylic acids is 1. The van der Waals surface area contributed by atoms with Gasteiger partial charge in [-0.1, -0.05) is 18.2 Å². The van der Waals surface area contributed by atoms with Crippen LogP contribution in [0.15, 0.2) is 42.5 Å². The number of H-pyrrole nitrogens is 1. The number of aromatic amines is 1. The molecular weight excluding hydrogens is 360 g/mol. The maximum absolute atomic E-state index is 12.3. The molecule has 3 aromatic rings. The SMILES string of the molecule is COc1cc([C@H]2CC(=O)Nc3n[nH]c(Nc4ccccc4)c32)cc(OC)c1O. The summed E-state index contributed by atoms with van der Waals surface area (Å²) < 4.78 is 10.5. The normalized spacial score (nSPS) is 15.5. The van der Waals surface area contributed by atoms with Crippen molar-refractivity contribution in [2.45, 2.75) is 12.3 Å². The number of methoxy groups -OCH3 is 2. The number of aromatic hydroxyl groups is 1. The van der Waals surface area contributed by atoms with E-state index in [1.165, 1.54) is 14.2 Å². The first-order valence-corrected chi connectivity index (χ1v) is 8.75. The van der Waals surface area contributed by atoms with Gasteiger partial charge in [-0.25, -0.2) is 0 Å². The van der Waals surface area contributed by atoms with Gasteiger partial charge in [0, 0.05) is 23.6 Å². The van der Waals surface area contributed by atoms with E-state index in [-0.39, 0.29) is 35.5 Å². The van der Waals surface area contributed by atoms with Crippen molar-refractivity contribution in [3.63, 3.8) is 0 Å². The minimum absolute atomic E-state index is 0.0796. The Hall–Kier alpha value is -3.68. The molecule has 1 aromatic heterocycles. The van der Waals surface area contributed by atoms with Crippen molar-refractivity contribution >= 4 is 23.2 Å². The highest BCUT2D eigenvalue weighted by molar-refractivity contribution is 5.95. The van der Waals surface area contributed by atoms with Crippen LogP contribution in [0.5, 0.6) is 17.2 Å². The topological polar surface area (TPSA) is 108 Å². The van der Waals surface area contributed by atoms with Gasteiger partial charge in [0.1, 0.15) is 5.82 Å². The van der Waals surface area contributed by atoms with Crippen LogP contribution in [0.25, 0.3) is 0 Å². The standard InChI is InChI=1S/C20H20N4O4/c1-27-14-8-11(9-15(28-2)18(14)26)13-10-16(25)22-20-17(13)19(23-24-20)21-12-6-4-3-5-7-12/h3-9,13,26H,10H2,1-2H3,(H3,21,22,23,24,25)/t13-/m1/s1. The fourth-order valence-corrected chi connectivity index (χ4v) is 3.42. The summed E-state index contributed by atoms with van der Waals surface area (Å²) in [5, 5.41) is 23.5. The number of hydrogen-bond acceptors (Lipinski definition) is 6. The molecular formula is C20H20N4O4. The van der Waals surface area contributed by atoms with E-state index in [9.17, 15) is 9.90 Å². The molecule has 0 bridgehead atoms. The molecule has 0 radical (unpaired) electrons. The summed E-state index contributed by atoms with van der Waals surface area (Å²) in [5.74, 6) is 1.22. The second-order valence-corrected chi connectivity index (χ2v) is 6.43. The van der Waals surface area contributed by atoms with E-state index in [1.54, 1.807) is 12.1 Å². The van der Waals surface area contributed by atoms with Gasteiger partial charge in [0.05, 0.1) is 14.2 Å². The predicted molar refractivity (Wildman–Crippen MR) is 105 cm³/mol. The van der Waals surface area contributed by atoms with Crippen LogP contribution in [0.1, 0.15) is 23.5 Å². The van der Waals surface area contributed by atoms with Gasteiger partial charge in [-0.2, -0.15) is 5.10 Å². The van der Waals surface area contributed by atoms with E-state index in [4.69, 9.17) is 9.47 Å². The van der Waals surface area contributed by atoms with E-state index in [1.807, 2.05) is 30.3 Å². The highest BCUT2D eigenvalue weighted by Gasteiger charge is 2.33. The van der Waals surface area contributed by atoms with Crippen LogP contribution < -0.4 is 20.1 Å². The lowest BCUT2D eigenvalue weighted by Crippen LogP contribution is -2.23. The maximum Gasteiger partial charge on any atom is 0.226 e. The minimum Gasteiger partial charge on any atom is -0.502 e. The molecule has 0 spiro atoms. The molecule has 1 atom stereocenters. The van der Waals surface area contributed by atoms with Gasteiger partial charge < -0.3 is 25.2 Å². The molecule has 1 aliphatic rings. The van der Waals surface area contributed by atoms with Crippen LogP contribution >= 0.6 is 0 Å². The lowest BCUT2D eigenvalue weighted by atomic mass is 9.86. The summed E-state index contributed by atoms with van der Waals surface area (Å²) in [5.41, 5.74) is 2.50. The Morgan fingerprint density at radius 1 is 1.14 bits per heavy atom. The van der Waals surface area contributed by atoms with Crippen LogP contribution in [0.4, 0.5) is 17.3 Å². The molecule has 4 rings (SSSR count). The van der Waals surface area contributed by atoms with Crippen molar-refractivity contribution in [1.82, 2.24) is 10.2 Å². The molecule has 28 heavy (non-hydrogen) atoms. The Bertz CT molecular complexity index is 991. The Kier molecular flexibility index (Phi) is 4.52. The van der Waals surface area contributed by atoms with E-state index < -0.39 is 0 Å². The highest BCUT2D eigenvalue weighted by Crippen LogP contribution is 2.45. The number of ether oxygens (including phenoxy) is 2.